The van der Waals surface area contributed by atoms with Gasteiger partial charge in [-0.2, -0.15) is 0 Å². The van der Waals surface area contributed by atoms with Crippen molar-refractivity contribution in [3.8, 4) is 0 Å². The Labute approximate surface area is 165 Å². The number of piperidine rings is 1. The molecule has 28 heavy (non-hydrogen) atoms. The van der Waals surface area contributed by atoms with Gasteiger partial charge in [-0.15, -0.1) is 0 Å². The van der Waals surface area contributed by atoms with Gasteiger partial charge in [-0.1, -0.05) is 6.07 Å². The van der Waals surface area contributed by atoms with E-state index < -0.39 is 0 Å². The summed E-state index contributed by atoms with van der Waals surface area (Å²) in [5.74, 6) is 0.162. The summed E-state index contributed by atoms with van der Waals surface area (Å²) in [7, 11) is 0. The molecule has 2 aromatic rings. The Hall–Kier alpha value is -2.54. The second-order valence-electron chi connectivity index (χ2n) is 8.09. The second kappa shape index (κ2) is 7.47. The molecule has 4 rings (SSSR count). The van der Waals surface area contributed by atoms with E-state index in [2.05, 4.69) is 32.3 Å². The van der Waals surface area contributed by atoms with Crippen molar-refractivity contribution < 1.29 is 9.59 Å². The van der Waals surface area contributed by atoms with Crippen LogP contribution in [-0.4, -0.2) is 62.8 Å². The summed E-state index contributed by atoms with van der Waals surface area (Å²) in [6, 6.07) is 6.39. The summed E-state index contributed by atoms with van der Waals surface area (Å²) >= 11 is 0. The van der Waals surface area contributed by atoms with E-state index in [1.807, 2.05) is 11.0 Å². The number of amides is 2. The molecule has 1 aromatic carbocycles. The van der Waals surface area contributed by atoms with E-state index >= 15 is 0 Å². The Morgan fingerprint density at radius 2 is 1.86 bits per heavy atom. The zero-order valence-electron chi connectivity index (χ0n) is 16.5. The predicted octanol–water partition coefficient (Wildman–Crippen LogP) is 1.72. The van der Waals surface area contributed by atoms with Gasteiger partial charge in [0.1, 0.15) is 0 Å². The Morgan fingerprint density at radius 1 is 1.14 bits per heavy atom. The van der Waals surface area contributed by atoms with Crippen LogP contribution in [0.2, 0.25) is 0 Å². The highest BCUT2D eigenvalue weighted by Crippen LogP contribution is 2.39. The molecule has 1 N–H and O–H groups in total. The maximum atomic E-state index is 11.8. The van der Waals surface area contributed by atoms with Gasteiger partial charge in [-0.3, -0.25) is 24.5 Å². The molecule has 2 aliphatic rings. The van der Waals surface area contributed by atoms with E-state index in [-0.39, 0.29) is 23.4 Å². The highest BCUT2D eigenvalue weighted by Gasteiger charge is 2.47. The third kappa shape index (κ3) is 3.71. The summed E-state index contributed by atoms with van der Waals surface area (Å²) in [6.07, 6.45) is 6.24. The average Bonchev–Trinajstić information content (AvgIpc) is 2.97. The third-order valence-corrected chi connectivity index (χ3v) is 6.19. The first-order chi connectivity index (χ1) is 13.4. The van der Waals surface area contributed by atoms with Gasteiger partial charge < -0.3 is 10.2 Å². The minimum absolute atomic E-state index is 0.0177. The van der Waals surface area contributed by atoms with Crippen LogP contribution in [0.1, 0.15) is 38.7 Å². The largest absolute Gasteiger partial charge is 0.352 e. The molecule has 2 fully saturated rings. The predicted molar refractivity (Wildman–Crippen MR) is 106 cm³/mol. The highest BCUT2D eigenvalue weighted by molar-refractivity contribution is 5.75. The number of benzene rings is 1. The Bertz CT molecular complexity index is 891. The molecule has 1 unspecified atom stereocenters. The van der Waals surface area contributed by atoms with Crippen molar-refractivity contribution in [2.75, 3.05) is 19.6 Å². The molecule has 2 saturated heterocycles. The topological polar surface area (TPSA) is 78.4 Å². The molecule has 1 aromatic heterocycles. The van der Waals surface area contributed by atoms with Crippen molar-refractivity contribution in [2.45, 2.75) is 51.2 Å². The fraction of sp³-hybridized carbons (Fsp3) is 0.524. The molecule has 1 atom stereocenters. The van der Waals surface area contributed by atoms with Crippen molar-refractivity contribution in [1.29, 1.82) is 0 Å². The lowest BCUT2D eigenvalue weighted by Gasteiger charge is -2.45. The molecular formula is C21H27N5O2. The molecule has 2 amide bonds. The molecule has 0 aliphatic carbocycles. The minimum Gasteiger partial charge on any atom is -0.352 e. The number of carbonyl (C=O) groups excluding carboxylic acids is 2. The first kappa shape index (κ1) is 18.8. The van der Waals surface area contributed by atoms with E-state index in [0.717, 1.165) is 56.5 Å². The molecule has 0 bridgehead atoms. The van der Waals surface area contributed by atoms with Crippen LogP contribution in [0.3, 0.4) is 0 Å². The quantitative estimate of drug-likeness (QED) is 0.876. The molecule has 0 saturated carbocycles. The number of hydrogen-bond donors (Lipinski definition) is 1. The zero-order chi connectivity index (χ0) is 19.7. The number of carbonyl (C=O) groups is 2. The van der Waals surface area contributed by atoms with Crippen molar-refractivity contribution in [3.63, 3.8) is 0 Å². The van der Waals surface area contributed by atoms with E-state index in [1.165, 1.54) is 5.56 Å². The lowest BCUT2D eigenvalue weighted by molar-refractivity contribution is -0.131. The van der Waals surface area contributed by atoms with Crippen LogP contribution in [0, 0.1) is 0 Å². The standard InChI is InChI=1S/C21H27N5O2/c1-15(27)24-18-12-21(5-9-25(10-6-21)16(2)28)26(14-18)13-17-3-4-19-20(11-17)23-8-7-22-19/h3-4,7-8,11,18H,5-6,9-10,12-14H2,1-2H3,(H,24,27). The van der Waals surface area contributed by atoms with Gasteiger partial charge in [0, 0.05) is 64.0 Å². The van der Waals surface area contributed by atoms with Crippen LogP contribution >= 0.6 is 0 Å². The number of rotatable bonds is 3. The molecular weight excluding hydrogens is 354 g/mol. The van der Waals surface area contributed by atoms with Crippen LogP contribution in [-0.2, 0) is 16.1 Å². The minimum atomic E-state index is 0.0177. The lowest BCUT2D eigenvalue weighted by Crippen LogP contribution is -2.52. The van der Waals surface area contributed by atoms with Gasteiger partial charge in [-0.05, 0) is 37.0 Å². The summed E-state index contributed by atoms with van der Waals surface area (Å²) in [5.41, 5.74) is 3.02. The molecule has 0 radical (unpaired) electrons. The van der Waals surface area contributed by atoms with Crippen LogP contribution in [0.5, 0.6) is 0 Å². The first-order valence-electron chi connectivity index (χ1n) is 9.92. The summed E-state index contributed by atoms with van der Waals surface area (Å²) in [6.45, 7) is 6.42. The van der Waals surface area contributed by atoms with E-state index in [0.29, 0.717) is 0 Å². The van der Waals surface area contributed by atoms with E-state index in [4.69, 9.17) is 0 Å². The van der Waals surface area contributed by atoms with Crippen molar-refractivity contribution in [3.05, 3.63) is 36.2 Å². The van der Waals surface area contributed by atoms with Gasteiger partial charge >= 0.3 is 0 Å². The maximum Gasteiger partial charge on any atom is 0.219 e. The number of hydrogen-bond acceptors (Lipinski definition) is 5. The molecule has 2 aliphatic heterocycles. The van der Waals surface area contributed by atoms with Gasteiger partial charge in [0.05, 0.1) is 11.0 Å². The molecule has 3 heterocycles. The van der Waals surface area contributed by atoms with Gasteiger partial charge in [0.25, 0.3) is 0 Å². The number of nitrogens with one attached hydrogen (secondary N) is 1. The Balaban J connectivity index is 1.56. The normalized spacial score (nSPS) is 21.9. The van der Waals surface area contributed by atoms with Gasteiger partial charge in [0.15, 0.2) is 0 Å². The Morgan fingerprint density at radius 3 is 2.54 bits per heavy atom. The zero-order valence-corrected chi connectivity index (χ0v) is 16.5. The number of nitrogens with zero attached hydrogens (tertiary/aromatic N) is 4. The van der Waals surface area contributed by atoms with E-state index in [1.54, 1.807) is 26.2 Å². The van der Waals surface area contributed by atoms with E-state index in [9.17, 15) is 9.59 Å². The third-order valence-electron chi connectivity index (χ3n) is 6.19. The first-order valence-corrected chi connectivity index (χ1v) is 9.92. The highest BCUT2D eigenvalue weighted by atomic mass is 16.2. The van der Waals surface area contributed by atoms with Crippen LogP contribution in [0.25, 0.3) is 11.0 Å². The Kier molecular flexibility index (Phi) is 5.02. The van der Waals surface area contributed by atoms with Crippen molar-refractivity contribution >= 4 is 22.8 Å². The molecule has 1 spiro atoms. The number of fused-ring (bicyclic) bond motifs is 1. The molecule has 7 nitrogen and oxygen atoms in total. The summed E-state index contributed by atoms with van der Waals surface area (Å²) in [5, 5.41) is 3.11. The molecule has 148 valence electrons. The smallest absolute Gasteiger partial charge is 0.219 e. The lowest BCUT2D eigenvalue weighted by atomic mass is 9.84. The van der Waals surface area contributed by atoms with Crippen LogP contribution in [0.15, 0.2) is 30.6 Å². The van der Waals surface area contributed by atoms with Crippen LogP contribution < -0.4 is 5.32 Å². The fourth-order valence-corrected chi connectivity index (χ4v) is 4.81. The van der Waals surface area contributed by atoms with Crippen molar-refractivity contribution in [2.24, 2.45) is 0 Å². The van der Waals surface area contributed by atoms with Crippen molar-refractivity contribution in [1.82, 2.24) is 25.1 Å². The number of likely N-dealkylation sites (tertiary alicyclic amines) is 2. The molecule has 7 heteroatoms. The maximum absolute atomic E-state index is 11.8. The summed E-state index contributed by atoms with van der Waals surface area (Å²) in [4.78, 5) is 36.6. The monoisotopic (exact) mass is 381 g/mol. The van der Waals surface area contributed by atoms with Crippen LogP contribution in [0.4, 0.5) is 0 Å². The average molecular weight is 381 g/mol. The second-order valence-corrected chi connectivity index (χ2v) is 8.09. The number of aromatic nitrogens is 2. The summed E-state index contributed by atoms with van der Waals surface area (Å²) < 4.78 is 0. The van der Waals surface area contributed by atoms with Gasteiger partial charge in [0.2, 0.25) is 11.8 Å². The fourth-order valence-electron chi connectivity index (χ4n) is 4.81. The van der Waals surface area contributed by atoms with Gasteiger partial charge in [-0.25, -0.2) is 0 Å². The SMILES string of the molecule is CC(=O)NC1CN(Cc2ccc3nccnc3c2)C2(CCN(C(C)=O)CC2)C1.